The summed E-state index contributed by atoms with van der Waals surface area (Å²) in [6, 6.07) is 13.7. The van der Waals surface area contributed by atoms with Crippen LogP contribution >= 0.6 is 12.2 Å². The van der Waals surface area contributed by atoms with Crippen LogP contribution < -0.4 is 14.8 Å². The fraction of sp³-hybridized carbons (Fsp3) is 0.105. The number of benzene rings is 2. The van der Waals surface area contributed by atoms with Crippen LogP contribution in [-0.4, -0.2) is 36.0 Å². The lowest BCUT2D eigenvalue weighted by Gasteiger charge is -2.11. The number of ether oxygens (including phenoxy) is 2. The second-order valence-electron chi connectivity index (χ2n) is 5.41. The Bertz CT molecular complexity index is 909. The summed E-state index contributed by atoms with van der Waals surface area (Å²) in [6.07, 6.45) is 1.59. The molecule has 2 amide bonds. The molecule has 1 aliphatic rings. The van der Waals surface area contributed by atoms with Crippen LogP contribution in [0.15, 0.2) is 54.2 Å². The Kier molecular flexibility index (Phi) is 4.99. The second kappa shape index (κ2) is 7.37. The van der Waals surface area contributed by atoms with Crippen molar-refractivity contribution in [3.63, 3.8) is 0 Å². The average Bonchev–Trinajstić information content (AvgIpc) is 2.95. The van der Waals surface area contributed by atoms with Crippen molar-refractivity contribution in [1.29, 1.82) is 0 Å². The van der Waals surface area contributed by atoms with Crippen LogP contribution in [0.3, 0.4) is 0 Å². The molecule has 0 saturated carbocycles. The Labute approximate surface area is 156 Å². The molecular formula is C19H16N2O4S. The van der Waals surface area contributed by atoms with Crippen molar-refractivity contribution in [1.82, 2.24) is 10.2 Å². The molecule has 2 aromatic rings. The lowest BCUT2D eigenvalue weighted by molar-refractivity contribution is -0.120. The van der Waals surface area contributed by atoms with E-state index in [0.29, 0.717) is 22.6 Å². The zero-order valence-corrected chi connectivity index (χ0v) is 15.0. The number of thiocarbonyl (C=S) groups is 1. The van der Waals surface area contributed by atoms with Crippen molar-refractivity contribution in [2.24, 2.45) is 0 Å². The normalized spacial score (nSPS) is 15.2. The van der Waals surface area contributed by atoms with E-state index in [1.807, 2.05) is 0 Å². The van der Waals surface area contributed by atoms with E-state index in [-0.39, 0.29) is 10.8 Å². The minimum atomic E-state index is -0.512. The van der Waals surface area contributed by atoms with E-state index in [4.69, 9.17) is 21.7 Å². The predicted octanol–water partition coefficient (Wildman–Crippen LogP) is 2.60. The van der Waals surface area contributed by atoms with Crippen LogP contribution in [0.25, 0.3) is 6.08 Å². The minimum absolute atomic E-state index is 0.0441. The summed E-state index contributed by atoms with van der Waals surface area (Å²) in [5.41, 5.74) is 1.23. The molecule has 132 valence electrons. The molecule has 3 rings (SSSR count). The van der Waals surface area contributed by atoms with E-state index >= 15 is 0 Å². The summed E-state index contributed by atoms with van der Waals surface area (Å²) < 4.78 is 10.5. The van der Waals surface area contributed by atoms with E-state index < -0.39 is 11.8 Å². The van der Waals surface area contributed by atoms with Gasteiger partial charge < -0.3 is 14.8 Å². The monoisotopic (exact) mass is 368 g/mol. The maximum absolute atomic E-state index is 12.7. The van der Waals surface area contributed by atoms with Gasteiger partial charge in [0, 0.05) is 17.2 Å². The van der Waals surface area contributed by atoms with Gasteiger partial charge in [0.1, 0.15) is 17.2 Å². The Morgan fingerprint density at radius 1 is 1.12 bits per heavy atom. The summed E-state index contributed by atoms with van der Waals surface area (Å²) in [7, 11) is 3.08. The van der Waals surface area contributed by atoms with E-state index in [0.717, 1.165) is 4.90 Å². The van der Waals surface area contributed by atoms with Gasteiger partial charge in [-0.25, -0.2) is 4.90 Å². The number of nitrogens with one attached hydrogen (secondary N) is 1. The van der Waals surface area contributed by atoms with Crippen molar-refractivity contribution in [3.05, 3.63) is 65.4 Å². The lowest BCUT2D eigenvalue weighted by atomic mass is 10.1. The molecule has 0 spiro atoms. The number of methoxy groups -OCH3 is 2. The van der Waals surface area contributed by atoms with Gasteiger partial charge in [0.2, 0.25) is 0 Å². The topological polar surface area (TPSA) is 67.9 Å². The summed E-state index contributed by atoms with van der Waals surface area (Å²) in [5.74, 6) is 0.177. The van der Waals surface area contributed by atoms with Crippen molar-refractivity contribution in [2.45, 2.75) is 0 Å². The second-order valence-corrected chi connectivity index (χ2v) is 5.79. The van der Waals surface area contributed by atoms with Gasteiger partial charge >= 0.3 is 0 Å². The summed E-state index contributed by atoms with van der Waals surface area (Å²) in [4.78, 5) is 26.2. The number of carbonyl (C=O) groups is 2. The van der Waals surface area contributed by atoms with Gasteiger partial charge in [0.05, 0.1) is 14.2 Å². The Hall–Kier alpha value is -3.19. The number of nitrogens with zero attached hydrogens (tertiary/aromatic N) is 1. The maximum Gasteiger partial charge on any atom is 0.283 e. The average molecular weight is 368 g/mol. The van der Waals surface area contributed by atoms with Gasteiger partial charge in [-0.15, -0.1) is 0 Å². The third-order valence-electron chi connectivity index (χ3n) is 3.84. The highest BCUT2D eigenvalue weighted by atomic mass is 32.1. The molecule has 1 heterocycles. The van der Waals surface area contributed by atoms with Gasteiger partial charge in [0.15, 0.2) is 5.11 Å². The molecule has 0 aliphatic carbocycles. The Morgan fingerprint density at radius 2 is 1.85 bits per heavy atom. The van der Waals surface area contributed by atoms with Gasteiger partial charge in [-0.1, -0.05) is 18.2 Å². The first-order valence-electron chi connectivity index (χ1n) is 7.73. The number of hydrogen-bond acceptors (Lipinski definition) is 5. The summed E-state index contributed by atoms with van der Waals surface area (Å²) in [6.45, 7) is 0. The zero-order chi connectivity index (χ0) is 18.7. The number of amides is 2. The molecule has 1 saturated heterocycles. The van der Waals surface area contributed by atoms with Crippen LogP contribution in [0, 0.1) is 0 Å². The largest absolute Gasteiger partial charge is 0.497 e. The molecule has 6 nitrogen and oxygen atoms in total. The fourth-order valence-electron chi connectivity index (χ4n) is 2.52. The molecule has 0 bridgehead atoms. The molecule has 2 aromatic carbocycles. The molecule has 0 radical (unpaired) electrons. The Morgan fingerprint density at radius 3 is 2.50 bits per heavy atom. The van der Waals surface area contributed by atoms with E-state index in [1.165, 1.54) is 7.11 Å². The van der Waals surface area contributed by atoms with Crippen LogP contribution in [-0.2, 0) is 4.79 Å². The van der Waals surface area contributed by atoms with E-state index in [1.54, 1.807) is 61.7 Å². The molecule has 1 fully saturated rings. The molecule has 0 atom stereocenters. The van der Waals surface area contributed by atoms with Crippen LogP contribution in [0.1, 0.15) is 15.9 Å². The number of carbonyl (C=O) groups excluding carboxylic acids is 2. The third kappa shape index (κ3) is 3.29. The van der Waals surface area contributed by atoms with Crippen molar-refractivity contribution >= 4 is 35.2 Å². The molecule has 1 aliphatic heterocycles. The Balaban J connectivity index is 1.92. The highest BCUT2D eigenvalue weighted by molar-refractivity contribution is 7.80. The lowest BCUT2D eigenvalue weighted by Crippen LogP contribution is -2.36. The first-order valence-corrected chi connectivity index (χ1v) is 8.14. The van der Waals surface area contributed by atoms with Gasteiger partial charge in [-0.2, -0.15) is 0 Å². The SMILES string of the molecule is COc1ccc(C=C2NC(=S)N(C(=O)c3ccccc3)C2=O)c(OC)c1. The molecule has 26 heavy (non-hydrogen) atoms. The zero-order valence-electron chi connectivity index (χ0n) is 14.2. The highest BCUT2D eigenvalue weighted by Crippen LogP contribution is 2.27. The van der Waals surface area contributed by atoms with Crippen molar-refractivity contribution in [2.75, 3.05) is 14.2 Å². The molecule has 1 N–H and O–H groups in total. The minimum Gasteiger partial charge on any atom is -0.497 e. The van der Waals surface area contributed by atoms with Gasteiger partial charge in [0.25, 0.3) is 11.8 Å². The van der Waals surface area contributed by atoms with Crippen LogP contribution in [0.5, 0.6) is 11.5 Å². The summed E-state index contributed by atoms with van der Waals surface area (Å²) in [5, 5.41) is 2.84. The van der Waals surface area contributed by atoms with Gasteiger partial charge in [-0.3, -0.25) is 9.59 Å². The first-order chi connectivity index (χ1) is 12.5. The van der Waals surface area contributed by atoms with Gasteiger partial charge in [-0.05, 0) is 42.6 Å². The van der Waals surface area contributed by atoms with E-state index in [2.05, 4.69) is 5.32 Å². The third-order valence-corrected chi connectivity index (χ3v) is 4.13. The maximum atomic E-state index is 12.7. The smallest absolute Gasteiger partial charge is 0.283 e. The quantitative estimate of drug-likeness (QED) is 0.508. The highest BCUT2D eigenvalue weighted by Gasteiger charge is 2.36. The number of imide groups is 1. The van der Waals surface area contributed by atoms with E-state index in [9.17, 15) is 9.59 Å². The molecule has 0 unspecified atom stereocenters. The first kappa shape index (κ1) is 17.6. The fourth-order valence-corrected chi connectivity index (χ4v) is 2.80. The van der Waals surface area contributed by atoms with Crippen molar-refractivity contribution in [3.8, 4) is 11.5 Å². The molecular weight excluding hydrogens is 352 g/mol. The standard InChI is InChI=1S/C19H16N2O4S/c1-24-14-9-8-13(16(11-14)25-2)10-15-18(23)21(19(26)20-15)17(22)12-6-4-3-5-7-12/h3-11H,1-2H3,(H,20,26). The summed E-state index contributed by atoms with van der Waals surface area (Å²) >= 11 is 5.17. The van der Waals surface area contributed by atoms with Crippen molar-refractivity contribution < 1.29 is 19.1 Å². The molecule has 7 heteroatoms. The van der Waals surface area contributed by atoms with Crippen LogP contribution in [0.4, 0.5) is 0 Å². The predicted molar refractivity (Wildman–Crippen MR) is 101 cm³/mol. The number of rotatable bonds is 4. The molecule has 0 aromatic heterocycles. The van der Waals surface area contributed by atoms with Crippen LogP contribution in [0.2, 0.25) is 0 Å². The number of hydrogen-bond donors (Lipinski definition) is 1.